The van der Waals surface area contributed by atoms with Crippen LogP contribution in [0.3, 0.4) is 0 Å². The van der Waals surface area contributed by atoms with E-state index in [4.69, 9.17) is 11.6 Å². The largest absolute Gasteiger partial charge is 0.612 e. The van der Waals surface area contributed by atoms with E-state index in [1.54, 1.807) is 24.5 Å². The van der Waals surface area contributed by atoms with E-state index in [0.717, 1.165) is 5.56 Å². The smallest absolute Gasteiger partial charge is 0.251 e. The number of nitrogens with one attached hydrogen (secondary N) is 1. The molecule has 2 heterocycles. The van der Waals surface area contributed by atoms with Crippen LogP contribution in [0, 0.1) is 0 Å². The number of benzene rings is 1. The minimum Gasteiger partial charge on any atom is -0.612 e. The Balaban J connectivity index is 1.88. The maximum atomic E-state index is 12.6. The minimum atomic E-state index is -1.13. The molecular formula is C15H13ClN4O3S. The van der Waals surface area contributed by atoms with Gasteiger partial charge in [0.1, 0.15) is 12.3 Å². The van der Waals surface area contributed by atoms with Crippen LogP contribution >= 0.6 is 11.6 Å². The van der Waals surface area contributed by atoms with Crippen LogP contribution in [0.15, 0.2) is 35.5 Å². The molecule has 1 aromatic heterocycles. The minimum absolute atomic E-state index is 0.0776. The normalized spacial score (nSPS) is 17.3. The fourth-order valence-electron chi connectivity index (χ4n) is 2.61. The molecule has 2 unspecified atom stereocenters. The quantitative estimate of drug-likeness (QED) is 0.504. The van der Waals surface area contributed by atoms with E-state index in [9.17, 15) is 14.1 Å². The number of hydrogen-bond acceptors (Lipinski definition) is 5. The second-order valence-electron chi connectivity index (χ2n) is 5.23. The standard InChI is InChI=1S/C15H13ClN4O3S/c1-24(23)11-2-3-12-9(4-11)7-20(8-21)13(12)14(22)19-10-5-17-15(16)18-6-10/h2-6,8,13H,7H2,1H3,(H,19,22). The number of halogens is 1. The molecule has 0 spiro atoms. The zero-order chi connectivity index (χ0) is 17.3. The number of nitrogens with zero attached hydrogens (tertiary/aromatic N) is 3. The summed E-state index contributed by atoms with van der Waals surface area (Å²) in [6, 6.07) is 4.45. The summed E-state index contributed by atoms with van der Waals surface area (Å²) in [6.07, 6.45) is 4.99. The van der Waals surface area contributed by atoms with Crippen molar-refractivity contribution in [3.05, 3.63) is 47.0 Å². The summed E-state index contributed by atoms with van der Waals surface area (Å²) in [5.41, 5.74) is 1.90. The molecule has 1 aliphatic heterocycles. The van der Waals surface area contributed by atoms with Crippen LogP contribution in [0.1, 0.15) is 17.2 Å². The fourth-order valence-corrected chi connectivity index (χ4v) is 3.27. The van der Waals surface area contributed by atoms with Crippen molar-refractivity contribution in [2.75, 3.05) is 11.6 Å². The molecule has 0 saturated heterocycles. The highest BCUT2D eigenvalue weighted by atomic mass is 35.5. The fraction of sp³-hybridized carbons (Fsp3) is 0.200. The lowest BCUT2D eigenvalue weighted by Gasteiger charge is -2.19. The van der Waals surface area contributed by atoms with Gasteiger partial charge in [0.15, 0.2) is 4.90 Å². The molecule has 9 heteroatoms. The van der Waals surface area contributed by atoms with Crippen LogP contribution in [0.25, 0.3) is 0 Å². The molecule has 2 amide bonds. The van der Waals surface area contributed by atoms with Gasteiger partial charge in [-0.2, -0.15) is 0 Å². The van der Waals surface area contributed by atoms with E-state index in [-0.39, 0.29) is 11.2 Å². The van der Waals surface area contributed by atoms with Gasteiger partial charge in [-0.05, 0) is 46.0 Å². The first kappa shape index (κ1) is 16.7. The number of amides is 2. The van der Waals surface area contributed by atoms with E-state index < -0.39 is 17.2 Å². The van der Waals surface area contributed by atoms with Crippen molar-refractivity contribution in [1.29, 1.82) is 0 Å². The van der Waals surface area contributed by atoms with E-state index in [1.807, 2.05) is 0 Å². The van der Waals surface area contributed by atoms with Crippen LogP contribution < -0.4 is 5.32 Å². The van der Waals surface area contributed by atoms with Gasteiger partial charge < -0.3 is 14.8 Å². The summed E-state index contributed by atoms with van der Waals surface area (Å²) < 4.78 is 11.6. The second-order valence-corrected chi connectivity index (χ2v) is 6.94. The number of carbonyl (C=O) groups excluding carboxylic acids is 2. The van der Waals surface area contributed by atoms with Crippen molar-refractivity contribution in [1.82, 2.24) is 14.9 Å². The van der Waals surface area contributed by atoms with E-state index in [0.29, 0.717) is 29.1 Å². The molecule has 2 aromatic rings. The molecule has 7 nitrogen and oxygen atoms in total. The van der Waals surface area contributed by atoms with Crippen molar-refractivity contribution < 1.29 is 14.1 Å². The molecule has 1 aromatic carbocycles. The molecule has 2 atom stereocenters. The predicted molar refractivity (Wildman–Crippen MR) is 88.8 cm³/mol. The summed E-state index contributed by atoms with van der Waals surface area (Å²) in [5, 5.41) is 2.75. The molecule has 0 aliphatic carbocycles. The average molecular weight is 365 g/mol. The Morgan fingerprint density at radius 3 is 2.79 bits per heavy atom. The summed E-state index contributed by atoms with van der Waals surface area (Å²) in [7, 11) is 0. The van der Waals surface area contributed by atoms with Gasteiger partial charge in [0, 0.05) is 6.54 Å². The Morgan fingerprint density at radius 1 is 1.46 bits per heavy atom. The first-order chi connectivity index (χ1) is 11.5. The third kappa shape index (κ3) is 3.21. The molecule has 24 heavy (non-hydrogen) atoms. The van der Waals surface area contributed by atoms with Gasteiger partial charge in [0.25, 0.3) is 5.91 Å². The molecule has 0 bridgehead atoms. The first-order valence-electron chi connectivity index (χ1n) is 6.95. The lowest BCUT2D eigenvalue weighted by Crippen LogP contribution is -2.31. The number of rotatable bonds is 4. The Hall–Kier alpha value is -2.16. The highest BCUT2D eigenvalue weighted by Gasteiger charge is 2.35. The van der Waals surface area contributed by atoms with E-state index in [1.165, 1.54) is 17.3 Å². The van der Waals surface area contributed by atoms with Gasteiger partial charge in [0.05, 0.1) is 18.1 Å². The number of fused-ring (bicyclic) bond motifs is 1. The van der Waals surface area contributed by atoms with Crippen LogP contribution in [0.5, 0.6) is 0 Å². The lowest BCUT2D eigenvalue weighted by atomic mass is 10.0. The van der Waals surface area contributed by atoms with Crippen molar-refractivity contribution in [2.24, 2.45) is 0 Å². The molecule has 0 radical (unpaired) electrons. The van der Waals surface area contributed by atoms with Crippen LogP contribution in [-0.4, -0.2) is 38.0 Å². The second kappa shape index (κ2) is 6.76. The topological polar surface area (TPSA) is 98.2 Å². The highest BCUT2D eigenvalue weighted by molar-refractivity contribution is 7.90. The van der Waals surface area contributed by atoms with Gasteiger partial charge >= 0.3 is 0 Å². The number of anilines is 1. The third-order valence-electron chi connectivity index (χ3n) is 3.70. The Kier molecular flexibility index (Phi) is 4.70. The van der Waals surface area contributed by atoms with Crippen molar-refractivity contribution >= 4 is 40.8 Å². The van der Waals surface area contributed by atoms with Crippen LogP contribution in [0.4, 0.5) is 5.69 Å². The van der Waals surface area contributed by atoms with Crippen LogP contribution in [0.2, 0.25) is 5.28 Å². The Morgan fingerprint density at radius 2 is 2.17 bits per heavy atom. The number of hydrogen-bond donors (Lipinski definition) is 1. The Bertz CT molecular complexity index is 785. The maximum Gasteiger partial charge on any atom is 0.251 e. The lowest BCUT2D eigenvalue weighted by molar-refractivity contribution is -0.129. The number of aromatic nitrogens is 2. The molecule has 124 valence electrons. The van der Waals surface area contributed by atoms with Crippen molar-refractivity contribution in [2.45, 2.75) is 17.5 Å². The molecule has 1 aliphatic rings. The zero-order valence-corrected chi connectivity index (χ0v) is 14.2. The zero-order valence-electron chi connectivity index (χ0n) is 12.6. The highest BCUT2D eigenvalue weighted by Crippen LogP contribution is 2.34. The summed E-state index contributed by atoms with van der Waals surface area (Å²) in [4.78, 5) is 33.6. The molecule has 0 fully saturated rings. The summed E-state index contributed by atoms with van der Waals surface area (Å²) >= 11 is 4.49. The predicted octanol–water partition coefficient (Wildman–Crippen LogP) is 1.52. The van der Waals surface area contributed by atoms with Crippen LogP contribution in [-0.2, 0) is 27.3 Å². The van der Waals surface area contributed by atoms with Crippen molar-refractivity contribution in [3.63, 3.8) is 0 Å². The molecule has 3 rings (SSSR count). The SMILES string of the molecule is C[S+]([O-])c1ccc2c(c1)CN(C=O)C2C(=O)Nc1cnc(Cl)nc1. The van der Waals surface area contributed by atoms with Crippen molar-refractivity contribution in [3.8, 4) is 0 Å². The van der Waals surface area contributed by atoms with E-state index >= 15 is 0 Å². The van der Waals surface area contributed by atoms with Gasteiger partial charge in [-0.1, -0.05) is 6.07 Å². The molecular weight excluding hydrogens is 352 g/mol. The van der Waals surface area contributed by atoms with Gasteiger partial charge in [-0.15, -0.1) is 0 Å². The summed E-state index contributed by atoms with van der Waals surface area (Å²) in [6.45, 7) is 0.291. The maximum absolute atomic E-state index is 12.6. The molecule has 1 N–H and O–H groups in total. The monoisotopic (exact) mass is 364 g/mol. The van der Waals surface area contributed by atoms with Gasteiger partial charge in [-0.25, -0.2) is 9.97 Å². The third-order valence-corrected chi connectivity index (χ3v) is 4.81. The van der Waals surface area contributed by atoms with E-state index in [2.05, 4.69) is 15.3 Å². The molecule has 0 saturated carbocycles. The summed E-state index contributed by atoms with van der Waals surface area (Å²) in [5.74, 6) is -0.378. The Labute approximate surface area is 146 Å². The van der Waals surface area contributed by atoms with Gasteiger partial charge in [-0.3, -0.25) is 9.59 Å². The first-order valence-corrected chi connectivity index (χ1v) is 8.89. The average Bonchev–Trinajstić information content (AvgIpc) is 2.94. The van der Waals surface area contributed by atoms with Gasteiger partial charge in [0.2, 0.25) is 11.7 Å². The number of carbonyl (C=O) groups is 2.